The number of anilines is 1. The van der Waals surface area contributed by atoms with Crippen LogP contribution in [-0.4, -0.2) is 77.7 Å². The van der Waals surface area contributed by atoms with Crippen LogP contribution in [0.5, 0.6) is 0 Å². The zero-order valence-corrected chi connectivity index (χ0v) is 17.5. The van der Waals surface area contributed by atoms with Crippen molar-refractivity contribution in [3.63, 3.8) is 0 Å². The van der Waals surface area contributed by atoms with E-state index in [9.17, 15) is 4.79 Å². The van der Waals surface area contributed by atoms with Crippen molar-refractivity contribution < 1.29 is 9.53 Å². The number of nitrogens with zero attached hydrogens (tertiary/aromatic N) is 4. The van der Waals surface area contributed by atoms with Gasteiger partial charge in [-0.3, -0.25) is 9.78 Å². The molecular weight excluding hydrogens is 378 g/mol. The maximum atomic E-state index is 12.4. The molecular formula is C23H31N5O2. The summed E-state index contributed by atoms with van der Waals surface area (Å²) in [6, 6.07) is 7.84. The molecule has 160 valence electrons. The van der Waals surface area contributed by atoms with E-state index in [1.807, 2.05) is 29.2 Å². The third-order valence-electron chi connectivity index (χ3n) is 6.58. The van der Waals surface area contributed by atoms with E-state index in [0.717, 1.165) is 29.3 Å². The summed E-state index contributed by atoms with van der Waals surface area (Å²) in [5, 5.41) is 3.33. The topological polar surface area (TPSA) is 70.6 Å². The maximum Gasteiger partial charge on any atom is 0.248 e. The van der Waals surface area contributed by atoms with Crippen molar-refractivity contribution in [3.05, 3.63) is 30.5 Å². The number of ether oxygens (including phenoxy) is 1. The SMILES string of the molecule is O=C1CO[C@@H](CNc2cnc3ccccc3n2)CN1CC1CCN(CC2CC2)CC1. The molecule has 1 aromatic heterocycles. The Morgan fingerprint density at radius 2 is 1.80 bits per heavy atom. The van der Waals surface area contributed by atoms with Gasteiger partial charge in [-0.25, -0.2) is 4.98 Å². The number of rotatable bonds is 7. The van der Waals surface area contributed by atoms with Gasteiger partial charge in [0.2, 0.25) is 5.91 Å². The van der Waals surface area contributed by atoms with Gasteiger partial charge in [0.05, 0.1) is 23.3 Å². The van der Waals surface area contributed by atoms with Crippen molar-refractivity contribution in [1.29, 1.82) is 0 Å². The van der Waals surface area contributed by atoms with Gasteiger partial charge in [0.1, 0.15) is 12.4 Å². The summed E-state index contributed by atoms with van der Waals surface area (Å²) in [5.74, 6) is 2.44. The van der Waals surface area contributed by atoms with Crippen molar-refractivity contribution in [3.8, 4) is 0 Å². The Bertz CT molecular complexity index is 879. The molecule has 3 aliphatic rings. The molecule has 5 rings (SSSR count). The lowest BCUT2D eigenvalue weighted by molar-refractivity contribution is -0.149. The number of hydrogen-bond donors (Lipinski definition) is 1. The van der Waals surface area contributed by atoms with Gasteiger partial charge in [-0.05, 0) is 62.7 Å². The van der Waals surface area contributed by atoms with Gasteiger partial charge >= 0.3 is 0 Å². The first-order valence-electron chi connectivity index (χ1n) is 11.3. The van der Waals surface area contributed by atoms with E-state index in [1.54, 1.807) is 6.20 Å². The molecule has 2 aromatic rings. The number of fused-ring (bicyclic) bond motifs is 1. The van der Waals surface area contributed by atoms with Crippen molar-refractivity contribution in [2.24, 2.45) is 11.8 Å². The van der Waals surface area contributed by atoms with Gasteiger partial charge in [0.15, 0.2) is 0 Å². The van der Waals surface area contributed by atoms with E-state index in [4.69, 9.17) is 4.74 Å². The van der Waals surface area contributed by atoms with E-state index in [-0.39, 0.29) is 18.6 Å². The molecule has 0 unspecified atom stereocenters. The number of amides is 1. The van der Waals surface area contributed by atoms with E-state index < -0.39 is 0 Å². The number of carbonyl (C=O) groups excluding carboxylic acids is 1. The van der Waals surface area contributed by atoms with Crippen LogP contribution in [-0.2, 0) is 9.53 Å². The number of piperidine rings is 1. The second kappa shape index (κ2) is 8.86. The van der Waals surface area contributed by atoms with E-state index in [0.29, 0.717) is 19.0 Å². The first-order valence-corrected chi connectivity index (χ1v) is 11.3. The fraction of sp³-hybridized carbons (Fsp3) is 0.609. The summed E-state index contributed by atoms with van der Waals surface area (Å²) in [6.07, 6.45) is 6.97. The zero-order chi connectivity index (χ0) is 20.3. The van der Waals surface area contributed by atoms with Crippen LogP contribution >= 0.6 is 0 Å². The van der Waals surface area contributed by atoms with Gasteiger partial charge in [-0.1, -0.05) is 12.1 Å². The number of morpholine rings is 1. The van der Waals surface area contributed by atoms with Crippen LogP contribution in [0.15, 0.2) is 30.5 Å². The van der Waals surface area contributed by atoms with Crippen LogP contribution in [0.25, 0.3) is 11.0 Å². The second-order valence-corrected chi connectivity index (χ2v) is 9.04. The first-order chi connectivity index (χ1) is 14.7. The van der Waals surface area contributed by atoms with E-state index >= 15 is 0 Å². The van der Waals surface area contributed by atoms with Crippen LogP contribution in [0.4, 0.5) is 5.82 Å². The molecule has 0 bridgehead atoms. The number of hydrogen-bond acceptors (Lipinski definition) is 6. The standard InChI is InChI=1S/C23H31N5O2/c29-23-16-30-19(11-25-22-12-24-20-3-1-2-4-21(20)26-22)15-28(23)14-18-7-9-27(10-8-18)13-17-5-6-17/h1-4,12,17-19H,5-11,13-16H2,(H,25,26)/t19-/m0/s1. The lowest BCUT2D eigenvalue weighted by Gasteiger charge is -2.38. The highest BCUT2D eigenvalue weighted by atomic mass is 16.5. The molecule has 0 spiro atoms. The average Bonchev–Trinajstić information content (AvgIpc) is 3.59. The molecule has 1 atom stereocenters. The minimum Gasteiger partial charge on any atom is -0.366 e. The number of para-hydroxylation sites is 2. The minimum atomic E-state index is -0.0223. The van der Waals surface area contributed by atoms with Crippen molar-refractivity contribution in [2.45, 2.75) is 31.8 Å². The Kier molecular flexibility index (Phi) is 5.82. The summed E-state index contributed by atoms with van der Waals surface area (Å²) in [4.78, 5) is 26.1. The zero-order valence-electron chi connectivity index (χ0n) is 17.5. The molecule has 0 radical (unpaired) electrons. The summed E-state index contributed by atoms with van der Waals surface area (Å²) in [5.41, 5.74) is 1.76. The highest BCUT2D eigenvalue weighted by Gasteiger charge is 2.31. The number of nitrogens with one attached hydrogen (secondary N) is 1. The van der Waals surface area contributed by atoms with Crippen LogP contribution in [0, 0.1) is 11.8 Å². The predicted octanol–water partition coefficient (Wildman–Crippen LogP) is 2.39. The summed E-state index contributed by atoms with van der Waals surface area (Å²) in [7, 11) is 0. The van der Waals surface area contributed by atoms with Gasteiger partial charge in [-0.15, -0.1) is 0 Å². The maximum absolute atomic E-state index is 12.4. The highest BCUT2D eigenvalue weighted by Crippen LogP contribution is 2.31. The largest absolute Gasteiger partial charge is 0.366 e. The Balaban J connectivity index is 1.10. The van der Waals surface area contributed by atoms with E-state index in [1.165, 1.54) is 45.3 Å². The number of likely N-dealkylation sites (tertiary alicyclic amines) is 1. The molecule has 1 N–H and O–H groups in total. The molecule has 1 amide bonds. The molecule has 1 saturated carbocycles. The van der Waals surface area contributed by atoms with Gasteiger partial charge in [0.25, 0.3) is 0 Å². The van der Waals surface area contributed by atoms with Gasteiger partial charge < -0.3 is 19.9 Å². The molecule has 2 saturated heterocycles. The predicted molar refractivity (Wildman–Crippen MR) is 116 cm³/mol. The van der Waals surface area contributed by atoms with Crippen molar-refractivity contribution in [1.82, 2.24) is 19.8 Å². The minimum absolute atomic E-state index is 0.0223. The Labute approximate surface area is 177 Å². The average molecular weight is 410 g/mol. The van der Waals surface area contributed by atoms with Crippen LogP contribution in [0.3, 0.4) is 0 Å². The molecule has 1 aromatic carbocycles. The van der Waals surface area contributed by atoms with Crippen LogP contribution < -0.4 is 5.32 Å². The van der Waals surface area contributed by atoms with Gasteiger partial charge in [0, 0.05) is 26.2 Å². The van der Waals surface area contributed by atoms with Gasteiger partial charge in [-0.2, -0.15) is 0 Å². The normalized spacial score (nSPS) is 23.8. The lowest BCUT2D eigenvalue weighted by atomic mass is 9.95. The van der Waals surface area contributed by atoms with E-state index in [2.05, 4.69) is 20.2 Å². The molecule has 2 aliphatic heterocycles. The smallest absolute Gasteiger partial charge is 0.248 e. The third-order valence-corrected chi connectivity index (χ3v) is 6.58. The highest BCUT2D eigenvalue weighted by molar-refractivity contribution is 5.78. The third kappa shape index (κ3) is 4.90. The summed E-state index contributed by atoms with van der Waals surface area (Å²) in [6.45, 7) is 5.97. The fourth-order valence-corrected chi connectivity index (χ4v) is 4.57. The fourth-order valence-electron chi connectivity index (χ4n) is 4.57. The molecule has 30 heavy (non-hydrogen) atoms. The molecule has 7 heteroatoms. The number of carbonyl (C=O) groups is 1. The van der Waals surface area contributed by atoms with Crippen molar-refractivity contribution >= 4 is 22.8 Å². The quantitative estimate of drug-likeness (QED) is 0.757. The van der Waals surface area contributed by atoms with Crippen LogP contribution in [0.2, 0.25) is 0 Å². The summed E-state index contributed by atoms with van der Waals surface area (Å²) >= 11 is 0. The Hall–Kier alpha value is -2.25. The Morgan fingerprint density at radius 1 is 1.03 bits per heavy atom. The Morgan fingerprint density at radius 3 is 2.60 bits per heavy atom. The molecule has 7 nitrogen and oxygen atoms in total. The monoisotopic (exact) mass is 409 g/mol. The first kappa shape index (κ1) is 19.7. The molecule has 3 fully saturated rings. The molecule has 1 aliphatic carbocycles. The van der Waals surface area contributed by atoms with Crippen molar-refractivity contribution in [2.75, 3.05) is 51.2 Å². The number of aromatic nitrogens is 2. The lowest BCUT2D eigenvalue weighted by Crippen LogP contribution is -2.51. The number of benzene rings is 1. The second-order valence-electron chi connectivity index (χ2n) is 9.04. The summed E-state index contributed by atoms with van der Waals surface area (Å²) < 4.78 is 5.78. The van der Waals surface area contributed by atoms with Crippen LogP contribution in [0.1, 0.15) is 25.7 Å². The molecule has 3 heterocycles.